The predicted molar refractivity (Wildman–Crippen MR) is 148 cm³/mol. The van der Waals surface area contributed by atoms with Gasteiger partial charge in [-0.2, -0.15) is 5.06 Å². The van der Waals surface area contributed by atoms with Gasteiger partial charge < -0.3 is 10.1 Å². The van der Waals surface area contributed by atoms with Gasteiger partial charge in [-0.3, -0.25) is 9.63 Å². The molecule has 0 spiro atoms. The fourth-order valence-electron chi connectivity index (χ4n) is 4.42. The van der Waals surface area contributed by atoms with Crippen molar-refractivity contribution in [2.75, 3.05) is 12.2 Å². The Labute approximate surface area is 220 Å². The van der Waals surface area contributed by atoms with Crippen molar-refractivity contribution < 1.29 is 19.5 Å². The number of amides is 1. The summed E-state index contributed by atoms with van der Waals surface area (Å²) < 4.78 is 0. The van der Waals surface area contributed by atoms with E-state index in [1.54, 1.807) is 42.5 Å². The van der Waals surface area contributed by atoms with Crippen LogP contribution in [0.4, 0.5) is 5.69 Å². The van der Waals surface area contributed by atoms with Crippen molar-refractivity contribution in [2.24, 2.45) is 0 Å². The number of carboxylic acids is 1. The van der Waals surface area contributed by atoms with Gasteiger partial charge in [0.1, 0.15) is 0 Å². The third-order valence-corrected chi connectivity index (χ3v) is 6.29. The summed E-state index contributed by atoms with van der Waals surface area (Å²) in [6, 6.07) is 27.2. The Hall–Kier alpha value is -5.12. The first-order valence-electron chi connectivity index (χ1n) is 12.0. The number of H-pyrrole nitrogens is 1. The molecule has 6 nitrogen and oxygen atoms in total. The maximum absolute atomic E-state index is 13.3. The van der Waals surface area contributed by atoms with Gasteiger partial charge in [0, 0.05) is 34.0 Å². The summed E-state index contributed by atoms with van der Waals surface area (Å²) in [5.41, 5.74) is 5.53. The number of hydrogen-bond acceptors (Lipinski definition) is 3. The number of aromatic nitrogens is 1. The van der Waals surface area contributed by atoms with Crippen LogP contribution in [0.25, 0.3) is 22.0 Å². The molecular weight excluding hydrogens is 476 g/mol. The molecule has 2 N–H and O–H groups in total. The Morgan fingerprint density at radius 3 is 2.50 bits per heavy atom. The van der Waals surface area contributed by atoms with Gasteiger partial charge in [0.2, 0.25) is 0 Å². The van der Waals surface area contributed by atoms with Crippen molar-refractivity contribution in [3.63, 3.8) is 0 Å². The van der Waals surface area contributed by atoms with E-state index in [0.717, 1.165) is 22.0 Å². The summed E-state index contributed by atoms with van der Waals surface area (Å²) in [4.78, 5) is 34.0. The minimum Gasteiger partial charge on any atom is -0.478 e. The Balaban J connectivity index is 1.53. The molecule has 0 saturated carbocycles. The van der Waals surface area contributed by atoms with Gasteiger partial charge in [0.05, 0.1) is 18.4 Å². The van der Waals surface area contributed by atoms with E-state index in [1.807, 2.05) is 61.7 Å². The van der Waals surface area contributed by atoms with Crippen LogP contribution in [0.2, 0.25) is 0 Å². The first kappa shape index (κ1) is 24.6. The van der Waals surface area contributed by atoms with Crippen LogP contribution in [0.1, 0.15) is 37.4 Å². The molecule has 0 unspecified atom stereocenters. The molecule has 0 saturated heterocycles. The lowest BCUT2D eigenvalue weighted by Gasteiger charge is -2.21. The summed E-state index contributed by atoms with van der Waals surface area (Å²) in [5, 5.41) is 12.2. The second-order valence-electron chi connectivity index (χ2n) is 8.71. The van der Waals surface area contributed by atoms with E-state index < -0.39 is 5.97 Å². The van der Waals surface area contributed by atoms with Crippen LogP contribution in [0.15, 0.2) is 97.2 Å². The normalized spacial score (nSPS) is 10.6. The summed E-state index contributed by atoms with van der Waals surface area (Å²) in [6.07, 6.45) is 1.84. The highest BCUT2D eigenvalue weighted by Gasteiger charge is 2.20. The molecule has 0 aliphatic rings. The van der Waals surface area contributed by atoms with Crippen LogP contribution >= 0.6 is 0 Å². The Bertz CT molecular complexity index is 1740. The molecule has 5 aromatic rings. The van der Waals surface area contributed by atoms with Crippen molar-refractivity contribution in [1.29, 1.82) is 0 Å². The highest BCUT2D eigenvalue weighted by Crippen LogP contribution is 2.30. The van der Waals surface area contributed by atoms with E-state index in [0.29, 0.717) is 27.9 Å². The molecule has 0 aliphatic heterocycles. The van der Waals surface area contributed by atoms with Crippen molar-refractivity contribution in [3.05, 3.63) is 125 Å². The SMILES string of the molecule is CON(C(=O)c1cccc(C#Cc2cccc(C(=O)O)c2-c2ccc3cc[nH]c3c2)c1)c1ccccc1C. The number of carbonyl (C=O) groups excluding carboxylic acids is 1. The van der Waals surface area contributed by atoms with Crippen LogP contribution in [-0.4, -0.2) is 29.1 Å². The van der Waals surface area contributed by atoms with E-state index in [1.165, 1.54) is 12.2 Å². The number of carboxylic acid groups (broad SMARTS) is 1. The first-order chi connectivity index (χ1) is 18.5. The van der Waals surface area contributed by atoms with E-state index in [2.05, 4.69) is 16.8 Å². The number of anilines is 1. The van der Waals surface area contributed by atoms with Crippen molar-refractivity contribution in [1.82, 2.24) is 4.98 Å². The third-order valence-electron chi connectivity index (χ3n) is 6.29. The maximum atomic E-state index is 13.3. The second kappa shape index (κ2) is 10.5. The number of aromatic carboxylic acids is 1. The van der Waals surface area contributed by atoms with Crippen LogP contribution in [0, 0.1) is 18.8 Å². The highest BCUT2D eigenvalue weighted by atomic mass is 16.7. The fraction of sp³-hybridized carbons (Fsp3) is 0.0625. The van der Waals surface area contributed by atoms with Gasteiger partial charge >= 0.3 is 5.97 Å². The number of nitrogens with one attached hydrogen (secondary N) is 1. The number of nitrogens with zero attached hydrogens (tertiary/aromatic N) is 1. The average molecular weight is 501 g/mol. The number of hydrogen-bond donors (Lipinski definition) is 2. The minimum absolute atomic E-state index is 0.167. The van der Waals surface area contributed by atoms with E-state index in [9.17, 15) is 14.7 Å². The van der Waals surface area contributed by atoms with Crippen LogP contribution in [0.3, 0.4) is 0 Å². The minimum atomic E-state index is -1.03. The molecule has 6 heteroatoms. The number of aryl methyl sites for hydroxylation is 1. The number of para-hydroxylation sites is 1. The quantitative estimate of drug-likeness (QED) is 0.215. The summed E-state index contributed by atoms with van der Waals surface area (Å²) >= 11 is 0. The van der Waals surface area contributed by atoms with Crippen molar-refractivity contribution in [3.8, 4) is 23.0 Å². The van der Waals surface area contributed by atoms with Crippen LogP contribution < -0.4 is 5.06 Å². The van der Waals surface area contributed by atoms with E-state index in [4.69, 9.17) is 4.84 Å². The Morgan fingerprint density at radius 2 is 1.71 bits per heavy atom. The zero-order chi connectivity index (χ0) is 26.6. The zero-order valence-electron chi connectivity index (χ0n) is 20.9. The molecule has 4 aromatic carbocycles. The molecular formula is C32H24N2O4. The lowest BCUT2D eigenvalue weighted by Crippen LogP contribution is -2.30. The second-order valence-corrected chi connectivity index (χ2v) is 8.71. The van der Waals surface area contributed by atoms with E-state index >= 15 is 0 Å². The Kier molecular flexibility index (Phi) is 6.77. The number of aromatic amines is 1. The molecule has 186 valence electrons. The molecule has 0 atom stereocenters. The van der Waals surface area contributed by atoms with Gasteiger partial charge in [0.15, 0.2) is 0 Å². The average Bonchev–Trinajstić information content (AvgIpc) is 3.41. The van der Waals surface area contributed by atoms with E-state index in [-0.39, 0.29) is 11.5 Å². The predicted octanol–water partition coefficient (Wildman–Crippen LogP) is 6.45. The molecule has 0 fully saturated rings. The van der Waals surface area contributed by atoms with Gasteiger partial charge in [-0.05, 0) is 72.0 Å². The smallest absolute Gasteiger partial charge is 0.336 e. The van der Waals surface area contributed by atoms with Crippen LogP contribution in [-0.2, 0) is 4.84 Å². The molecule has 1 heterocycles. The summed E-state index contributed by atoms with van der Waals surface area (Å²) in [6.45, 7) is 1.91. The highest BCUT2D eigenvalue weighted by molar-refractivity contribution is 6.05. The molecule has 1 amide bonds. The van der Waals surface area contributed by atoms with Gasteiger partial charge in [0.25, 0.3) is 5.91 Å². The number of rotatable bonds is 5. The molecule has 0 aliphatic carbocycles. The molecule has 38 heavy (non-hydrogen) atoms. The van der Waals surface area contributed by atoms with Crippen LogP contribution in [0.5, 0.6) is 0 Å². The molecule has 1 aromatic heterocycles. The zero-order valence-corrected chi connectivity index (χ0v) is 20.9. The number of carbonyl (C=O) groups is 2. The molecule has 0 radical (unpaired) electrons. The fourth-order valence-corrected chi connectivity index (χ4v) is 4.42. The molecule has 5 rings (SSSR count). The number of hydroxylamine groups is 1. The summed E-state index contributed by atoms with van der Waals surface area (Å²) in [5.74, 6) is 4.90. The maximum Gasteiger partial charge on any atom is 0.336 e. The van der Waals surface area contributed by atoms with Gasteiger partial charge in [-0.25, -0.2) is 4.79 Å². The first-order valence-corrected chi connectivity index (χ1v) is 12.0. The Morgan fingerprint density at radius 1 is 0.895 bits per heavy atom. The van der Waals surface area contributed by atoms with Gasteiger partial charge in [-0.15, -0.1) is 0 Å². The standard InChI is InChI=1S/C32H24N2O4/c1-21-7-3-4-12-29(21)34(38-2)31(35)26-10-5-8-22(19-26)13-14-24-9-6-11-27(32(36)37)30(24)25-16-15-23-17-18-33-28(23)20-25/h3-12,15-20,33H,1-2H3,(H,36,37). The lowest BCUT2D eigenvalue weighted by atomic mass is 9.93. The molecule has 0 bridgehead atoms. The topological polar surface area (TPSA) is 82.6 Å². The van der Waals surface area contributed by atoms with Crippen molar-refractivity contribution in [2.45, 2.75) is 6.92 Å². The third kappa shape index (κ3) is 4.79. The number of benzene rings is 4. The van der Waals surface area contributed by atoms with Crippen molar-refractivity contribution >= 4 is 28.5 Å². The lowest BCUT2D eigenvalue weighted by molar-refractivity contribution is 0.0697. The van der Waals surface area contributed by atoms with Gasteiger partial charge in [-0.1, -0.05) is 54.3 Å². The largest absolute Gasteiger partial charge is 0.478 e. The monoisotopic (exact) mass is 500 g/mol. The summed E-state index contributed by atoms with van der Waals surface area (Å²) in [7, 11) is 1.45. The number of fused-ring (bicyclic) bond motifs is 1.